The van der Waals surface area contributed by atoms with Crippen molar-refractivity contribution in [3.05, 3.63) is 108 Å². The summed E-state index contributed by atoms with van der Waals surface area (Å²) in [5.41, 5.74) is -5.40. The molecule has 2 aliphatic heterocycles. The van der Waals surface area contributed by atoms with Gasteiger partial charge >= 0.3 is 5.97 Å². The summed E-state index contributed by atoms with van der Waals surface area (Å²) in [7, 11) is 0. The summed E-state index contributed by atoms with van der Waals surface area (Å²) in [6.45, 7) is 8.79. The van der Waals surface area contributed by atoms with E-state index in [0.29, 0.717) is 11.1 Å². The number of ketones is 1. The van der Waals surface area contributed by atoms with Gasteiger partial charge in [0, 0.05) is 53.4 Å². The zero-order valence-electron chi connectivity index (χ0n) is 40.8. The molecule has 73 heavy (non-hydrogen) atoms. The fraction of sp³-hybridized carbons (Fsp3) is 0.491. The van der Waals surface area contributed by atoms with Gasteiger partial charge in [-0.15, -0.1) is 0 Å². The Hall–Kier alpha value is -6.48. The van der Waals surface area contributed by atoms with Crippen LogP contribution in [-0.4, -0.2) is 113 Å². The number of alkyl halides is 2. The maximum atomic E-state index is 18.0. The van der Waals surface area contributed by atoms with Gasteiger partial charge in [-0.05, 0) is 93.7 Å². The van der Waals surface area contributed by atoms with E-state index in [1.54, 1.807) is 38.1 Å². The first kappa shape index (κ1) is 52.8. The molecule has 17 nitrogen and oxygen atoms in total. The minimum atomic E-state index is -2.34. The van der Waals surface area contributed by atoms with Crippen LogP contribution in [0.1, 0.15) is 83.6 Å². The molecule has 2 heterocycles. The number of benzene rings is 2. The van der Waals surface area contributed by atoms with Crippen LogP contribution >= 0.6 is 0 Å². The Balaban J connectivity index is 0.869. The summed E-state index contributed by atoms with van der Waals surface area (Å²) in [6, 6.07) is 7.73. The van der Waals surface area contributed by atoms with Gasteiger partial charge in [0.15, 0.2) is 23.3 Å². The van der Waals surface area contributed by atoms with Crippen molar-refractivity contribution in [2.24, 2.45) is 22.7 Å². The maximum absolute atomic E-state index is 18.0. The third-order valence-electron chi connectivity index (χ3n) is 15.6. The van der Waals surface area contributed by atoms with Crippen molar-refractivity contribution in [3.63, 3.8) is 0 Å². The molecular weight excluding hydrogens is 958 g/mol. The Morgan fingerprint density at radius 1 is 0.959 bits per heavy atom. The molecule has 8 rings (SSSR count). The number of rotatable bonds is 19. The lowest BCUT2D eigenvalue weighted by Gasteiger charge is -2.63. The standard InChI is InChI=1S/C53H59F3N4O13/c1-28-17-18-50(4)37(20-28)38(55)23-36-35-24-42-53(51(35,5)25-40(61)52(36,50)56,73-49(72-42)32-8-6-9-33(54)21-32)41(62)26-70-27-57-47(68)29(2)59-48(69)30(3)58-43(63)14-12-31-11-13-34(60-44(64)15-16-45(60)65)22-39(31)71-19-7-10-46(66)67/h6,8-9,11,13,15-18,20-22,29-30,35-36,38,40,42,49,61H,1,7,10,12,14,19,23-27H2,2-5H3,(H,57,68)(H,58,63)(H,59,69)(H,66,67)/t29-,30-,35-,36-,38-,40-,42+,49+,50-,51-,52-,53+/m0/s1. The first-order valence-electron chi connectivity index (χ1n) is 24.3. The number of amides is 5. The quantitative estimate of drug-likeness (QED) is 0.0719. The Morgan fingerprint density at radius 3 is 2.40 bits per heavy atom. The van der Waals surface area contributed by atoms with Crippen LogP contribution in [0.25, 0.3) is 0 Å². The number of carbonyl (C=O) groups excluding carboxylic acids is 6. The molecule has 12 atom stereocenters. The average molecular weight is 1020 g/mol. The lowest BCUT2D eigenvalue weighted by atomic mass is 9.44. The van der Waals surface area contributed by atoms with Crippen LogP contribution in [0.15, 0.2) is 90.6 Å². The number of nitrogens with one attached hydrogen (secondary N) is 3. The average Bonchev–Trinajstić information content (AvgIpc) is 3.98. The molecule has 2 aromatic carbocycles. The molecule has 2 aromatic rings. The number of aryl methyl sites for hydroxylation is 1. The van der Waals surface area contributed by atoms with Crippen molar-refractivity contribution in [2.45, 2.75) is 121 Å². The Morgan fingerprint density at radius 2 is 1.68 bits per heavy atom. The number of Topliss-reactive ketones (excluding diaryl/α,β-unsaturated/α-hetero) is 1. The number of carboxylic acid groups (broad SMARTS) is 1. The summed E-state index contributed by atoms with van der Waals surface area (Å²) in [6.07, 6.45) is 0.872. The van der Waals surface area contributed by atoms with Crippen LogP contribution < -0.4 is 25.6 Å². The molecule has 1 saturated heterocycles. The number of carbonyl (C=O) groups is 7. The predicted octanol–water partition coefficient (Wildman–Crippen LogP) is 4.87. The second-order valence-electron chi connectivity index (χ2n) is 20.1. The molecule has 4 fully saturated rings. The van der Waals surface area contributed by atoms with Crippen molar-refractivity contribution in [1.29, 1.82) is 0 Å². The van der Waals surface area contributed by atoms with E-state index in [0.717, 1.165) is 17.1 Å². The van der Waals surface area contributed by atoms with Gasteiger partial charge in [0.05, 0.1) is 24.5 Å². The molecule has 20 heteroatoms. The molecular formula is C53H59F3N4O13. The molecule has 4 aliphatic carbocycles. The molecule has 0 radical (unpaired) electrons. The highest BCUT2D eigenvalue weighted by molar-refractivity contribution is 6.28. The highest BCUT2D eigenvalue weighted by Crippen LogP contribution is 2.73. The largest absolute Gasteiger partial charge is 0.493 e. The smallest absolute Gasteiger partial charge is 0.303 e. The van der Waals surface area contributed by atoms with Crippen LogP contribution in [0.3, 0.4) is 0 Å². The van der Waals surface area contributed by atoms with E-state index < -0.39 is 131 Å². The van der Waals surface area contributed by atoms with Crippen LogP contribution in [0.5, 0.6) is 5.75 Å². The second kappa shape index (κ2) is 20.4. The number of hydrogen-bond acceptors (Lipinski definition) is 12. The highest BCUT2D eigenvalue weighted by Gasteiger charge is 2.80. The fourth-order valence-electron chi connectivity index (χ4n) is 12.0. The number of aliphatic hydroxyl groups is 1. The van der Waals surface area contributed by atoms with Crippen molar-refractivity contribution in [3.8, 4) is 5.75 Å². The molecule has 0 aromatic heterocycles. The monoisotopic (exact) mass is 1020 g/mol. The number of anilines is 1. The van der Waals surface area contributed by atoms with E-state index in [4.69, 9.17) is 24.1 Å². The van der Waals surface area contributed by atoms with Gasteiger partial charge in [0.1, 0.15) is 43.2 Å². The van der Waals surface area contributed by atoms with Crippen molar-refractivity contribution < 1.29 is 75.9 Å². The topological polar surface area (TPSA) is 236 Å². The van der Waals surface area contributed by atoms with Crippen LogP contribution in [0.4, 0.5) is 18.9 Å². The summed E-state index contributed by atoms with van der Waals surface area (Å²) >= 11 is 0. The van der Waals surface area contributed by atoms with Gasteiger partial charge in [-0.3, -0.25) is 33.6 Å². The van der Waals surface area contributed by atoms with E-state index in [9.17, 15) is 43.1 Å². The van der Waals surface area contributed by atoms with Crippen LogP contribution in [0, 0.1) is 28.5 Å². The molecule has 390 valence electrons. The Bertz CT molecular complexity index is 2700. The number of hydrogen-bond donors (Lipinski definition) is 5. The van der Waals surface area contributed by atoms with E-state index in [-0.39, 0.29) is 74.1 Å². The highest BCUT2D eigenvalue weighted by atomic mass is 19.1. The van der Waals surface area contributed by atoms with Crippen molar-refractivity contribution >= 4 is 47.0 Å². The third-order valence-corrected chi connectivity index (χ3v) is 15.6. The van der Waals surface area contributed by atoms with Gasteiger partial charge in [-0.25, -0.2) is 18.1 Å². The predicted molar refractivity (Wildman–Crippen MR) is 254 cm³/mol. The Kier molecular flexibility index (Phi) is 14.8. The number of imide groups is 1. The minimum Gasteiger partial charge on any atom is -0.493 e. The number of carboxylic acids is 1. The molecule has 0 spiro atoms. The molecule has 6 aliphatic rings. The van der Waals surface area contributed by atoms with E-state index >= 15 is 8.78 Å². The van der Waals surface area contributed by atoms with E-state index in [1.807, 2.05) is 0 Å². The van der Waals surface area contributed by atoms with E-state index in [2.05, 4.69) is 22.5 Å². The van der Waals surface area contributed by atoms with Crippen LogP contribution in [0.2, 0.25) is 0 Å². The second-order valence-corrected chi connectivity index (χ2v) is 20.1. The zero-order valence-corrected chi connectivity index (χ0v) is 40.8. The van der Waals surface area contributed by atoms with Crippen molar-refractivity contribution in [2.75, 3.05) is 24.8 Å². The van der Waals surface area contributed by atoms with E-state index in [1.165, 1.54) is 50.3 Å². The number of ether oxygens (including phenoxy) is 4. The number of nitrogens with zero attached hydrogens (tertiary/aromatic N) is 1. The third kappa shape index (κ3) is 9.53. The first-order valence-corrected chi connectivity index (χ1v) is 24.3. The van der Waals surface area contributed by atoms with Gasteiger partial charge in [0.2, 0.25) is 17.7 Å². The van der Waals surface area contributed by atoms with Crippen molar-refractivity contribution in [1.82, 2.24) is 16.0 Å². The number of aliphatic hydroxyl groups excluding tert-OH is 1. The Labute approximate surface area is 419 Å². The number of aliphatic carboxylic acids is 1. The normalized spacial score (nSPS) is 31.6. The number of allylic oxidation sites excluding steroid dienone is 5. The summed E-state index contributed by atoms with van der Waals surface area (Å²) in [5, 5.41) is 28.6. The fourth-order valence-corrected chi connectivity index (χ4v) is 12.0. The van der Waals surface area contributed by atoms with Gasteiger partial charge in [-0.1, -0.05) is 49.9 Å². The SMILES string of the molecule is C=C1C=C[C@@]2(C)C(=C1)[C@@H](F)C[C@H]1[C@@H]3C[C@H]4O[C@@H](c5cccc(F)c5)O[C@@]4(C(=O)COCNC(=O)[C@H](C)NC(=O)[C@H](C)NC(=O)CCc4ccc(N5C(=O)C=CC5=O)cc4OCCCC(=O)O)[C@@]3(C)C[C@H](O)[C@@]12F. The number of fused-ring (bicyclic) bond motifs is 7. The van der Waals surface area contributed by atoms with Gasteiger partial charge in [-0.2, -0.15) is 0 Å². The summed E-state index contributed by atoms with van der Waals surface area (Å²) in [4.78, 5) is 90.5. The molecule has 5 N–H and O–H groups in total. The zero-order chi connectivity index (χ0) is 52.8. The lowest BCUT2D eigenvalue weighted by Crippen LogP contribution is -2.70. The van der Waals surface area contributed by atoms with Gasteiger partial charge in [0.25, 0.3) is 11.8 Å². The van der Waals surface area contributed by atoms with Gasteiger partial charge < -0.3 is 45.1 Å². The minimum absolute atomic E-state index is 0.00128. The number of halogens is 3. The molecule has 5 amide bonds. The lowest BCUT2D eigenvalue weighted by molar-refractivity contribution is -0.235. The van der Waals surface area contributed by atoms with Crippen LogP contribution in [-0.2, 0) is 54.2 Å². The summed E-state index contributed by atoms with van der Waals surface area (Å²) < 4.78 is 73.3. The molecule has 3 saturated carbocycles. The molecule has 0 bridgehead atoms. The first-order chi connectivity index (χ1) is 34.5. The molecule has 0 unspecified atom stereocenters. The maximum Gasteiger partial charge on any atom is 0.303 e. The summed E-state index contributed by atoms with van der Waals surface area (Å²) in [5.74, 6) is -6.90.